The summed E-state index contributed by atoms with van der Waals surface area (Å²) in [4.78, 5) is 11.0. The van der Waals surface area contributed by atoms with Gasteiger partial charge in [0.2, 0.25) is 0 Å². The minimum Gasteiger partial charge on any atom is -0.478 e. The lowest BCUT2D eigenvalue weighted by Crippen LogP contribution is -2.07. The van der Waals surface area contributed by atoms with Crippen LogP contribution in [0, 0.1) is 18.8 Å². The number of rotatable bonds is 4. The van der Waals surface area contributed by atoms with E-state index in [1.54, 1.807) is 6.92 Å². The Bertz CT molecular complexity index is 389. The third kappa shape index (κ3) is 2.12. The van der Waals surface area contributed by atoms with Crippen molar-refractivity contribution >= 4 is 22.5 Å². The second-order valence-corrected chi connectivity index (χ2v) is 4.90. The van der Waals surface area contributed by atoms with Crippen LogP contribution in [0.4, 0.5) is 5.00 Å². The van der Waals surface area contributed by atoms with Crippen molar-refractivity contribution in [3.8, 4) is 0 Å². The first-order valence-corrected chi connectivity index (χ1v) is 5.80. The minimum atomic E-state index is -0.896. The molecule has 0 amide bonds. The molecule has 0 aliphatic heterocycles. The Morgan fingerprint density at radius 2 is 2.40 bits per heavy atom. The molecule has 1 saturated carbocycles. The summed E-state index contributed by atoms with van der Waals surface area (Å²) in [5, 5.41) is 12.9. The Morgan fingerprint density at radius 1 is 1.73 bits per heavy atom. The zero-order valence-corrected chi connectivity index (χ0v) is 9.60. The Kier molecular flexibility index (Phi) is 2.65. The molecule has 82 valence electrons. The summed E-state index contributed by atoms with van der Waals surface area (Å²) < 4.78 is 4.05. The average molecular weight is 226 g/mol. The van der Waals surface area contributed by atoms with Crippen LogP contribution in [0.3, 0.4) is 0 Å². The van der Waals surface area contributed by atoms with Crippen LogP contribution in [-0.2, 0) is 0 Å². The highest BCUT2D eigenvalue weighted by Crippen LogP contribution is 2.38. The zero-order valence-electron chi connectivity index (χ0n) is 8.78. The maximum Gasteiger partial charge on any atom is 0.340 e. The second-order valence-electron chi connectivity index (χ2n) is 4.13. The number of nitrogens with one attached hydrogen (secondary N) is 1. The number of carboxylic acids is 1. The maximum atomic E-state index is 11.0. The topological polar surface area (TPSA) is 62.2 Å². The summed E-state index contributed by atoms with van der Waals surface area (Å²) in [6.45, 7) is 4.80. The van der Waals surface area contributed by atoms with Gasteiger partial charge in [-0.1, -0.05) is 6.92 Å². The SMILES string of the molecule is Cc1nsc(NCC2CC2C)c1C(=O)O. The first-order valence-electron chi connectivity index (χ1n) is 5.03. The lowest BCUT2D eigenvalue weighted by atomic mass is 10.2. The van der Waals surface area contributed by atoms with Gasteiger partial charge >= 0.3 is 5.97 Å². The molecule has 1 aromatic heterocycles. The highest BCUT2D eigenvalue weighted by atomic mass is 32.1. The number of hydrogen-bond donors (Lipinski definition) is 2. The lowest BCUT2D eigenvalue weighted by molar-refractivity contribution is 0.0697. The van der Waals surface area contributed by atoms with Gasteiger partial charge in [0.05, 0.1) is 5.69 Å². The number of aryl methyl sites for hydroxylation is 1. The number of aromatic nitrogens is 1. The molecule has 0 spiro atoms. The number of nitrogens with zero attached hydrogens (tertiary/aromatic N) is 1. The molecule has 2 unspecified atom stereocenters. The van der Waals surface area contributed by atoms with E-state index < -0.39 is 5.97 Å². The maximum absolute atomic E-state index is 11.0. The quantitative estimate of drug-likeness (QED) is 0.826. The largest absolute Gasteiger partial charge is 0.478 e. The van der Waals surface area contributed by atoms with Gasteiger partial charge in [0, 0.05) is 6.54 Å². The predicted octanol–water partition coefficient (Wildman–Crippen LogP) is 2.22. The van der Waals surface area contributed by atoms with Gasteiger partial charge in [-0.3, -0.25) is 0 Å². The molecular formula is C10H14N2O2S. The van der Waals surface area contributed by atoms with Crippen molar-refractivity contribution in [3.05, 3.63) is 11.3 Å². The van der Waals surface area contributed by atoms with Gasteiger partial charge in [-0.15, -0.1) is 0 Å². The van der Waals surface area contributed by atoms with E-state index in [0.29, 0.717) is 22.2 Å². The van der Waals surface area contributed by atoms with Crippen LogP contribution >= 0.6 is 11.5 Å². The fourth-order valence-corrected chi connectivity index (χ4v) is 2.44. The van der Waals surface area contributed by atoms with E-state index in [0.717, 1.165) is 12.5 Å². The molecule has 0 radical (unpaired) electrons. The number of aromatic carboxylic acids is 1. The van der Waals surface area contributed by atoms with Gasteiger partial charge in [-0.05, 0) is 36.7 Å². The molecule has 0 aromatic carbocycles. The Balaban J connectivity index is 2.04. The van der Waals surface area contributed by atoms with Crippen LogP contribution in [-0.4, -0.2) is 22.0 Å². The number of carboxylic acid groups (broad SMARTS) is 1. The third-order valence-corrected chi connectivity index (χ3v) is 3.77. The molecule has 1 aliphatic carbocycles. The van der Waals surface area contributed by atoms with Crippen LogP contribution in [0.1, 0.15) is 29.4 Å². The van der Waals surface area contributed by atoms with E-state index in [1.165, 1.54) is 18.0 Å². The van der Waals surface area contributed by atoms with Crippen molar-refractivity contribution in [2.45, 2.75) is 20.3 Å². The van der Waals surface area contributed by atoms with Crippen molar-refractivity contribution in [1.82, 2.24) is 4.37 Å². The highest BCUT2D eigenvalue weighted by Gasteiger charge is 2.32. The fraction of sp³-hybridized carbons (Fsp3) is 0.600. The molecule has 1 heterocycles. The van der Waals surface area contributed by atoms with Crippen LogP contribution in [0.25, 0.3) is 0 Å². The van der Waals surface area contributed by atoms with Crippen molar-refractivity contribution in [1.29, 1.82) is 0 Å². The summed E-state index contributed by atoms with van der Waals surface area (Å²) in [5.74, 6) is 0.585. The Labute approximate surface area is 92.5 Å². The third-order valence-electron chi connectivity index (χ3n) is 2.88. The molecule has 2 N–H and O–H groups in total. The summed E-state index contributed by atoms with van der Waals surface area (Å²) in [6, 6.07) is 0. The summed E-state index contributed by atoms with van der Waals surface area (Å²) in [5.41, 5.74) is 0.923. The number of carbonyl (C=O) groups is 1. The van der Waals surface area contributed by atoms with E-state index in [9.17, 15) is 4.79 Å². The molecule has 0 bridgehead atoms. The van der Waals surface area contributed by atoms with E-state index in [1.807, 2.05) is 0 Å². The molecule has 1 aromatic rings. The van der Waals surface area contributed by atoms with Crippen LogP contribution in [0.15, 0.2) is 0 Å². The lowest BCUT2D eigenvalue weighted by Gasteiger charge is -2.03. The molecule has 5 heteroatoms. The number of hydrogen-bond acceptors (Lipinski definition) is 4. The van der Waals surface area contributed by atoms with E-state index in [2.05, 4.69) is 16.6 Å². The smallest absolute Gasteiger partial charge is 0.340 e. The van der Waals surface area contributed by atoms with Gasteiger partial charge in [-0.2, -0.15) is 4.37 Å². The second kappa shape index (κ2) is 3.81. The molecule has 2 atom stereocenters. The Hall–Kier alpha value is -1.10. The molecular weight excluding hydrogens is 212 g/mol. The molecule has 1 aliphatic rings. The summed E-state index contributed by atoms with van der Waals surface area (Å²) in [7, 11) is 0. The van der Waals surface area contributed by atoms with Crippen LogP contribution in [0.2, 0.25) is 0 Å². The Morgan fingerprint density at radius 3 is 2.93 bits per heavy atom. The molecule has 4 nitrogen and oxygen atoms in total. The van der Waals surface area contributed by atoms with Crippen LogP contribution in [0.5, 0.6) is 0 Å². The zero-order chi connectivity index (χ0) is 11.0. The average Bonchev–Trinajstić information content (AvgIpc) is 2.72. The highest BCUT2D eigenvalue weighted by molar-refractivity contribution is 7.10. The normalized spacial score (nSPS) is 23.9. The summed E-state index contributed by atoms with van der Waals surface area (Å²) >= 11 is 1.23. The molecule has 0 saturated heterocycles. The van der Waals surface area contributed by atoms with E-state index in [4.69, 9.17) is 5.11 Å². The molecule has 1 fully saturated rings. The van der Waals surface area contributed by atoms with Gasteiger partial charge in [0.1, 0.15) is 10.6 Å². The van der Waals surface area contributed by atoms with Crippen LogP contribution < -0.4 is 5.32 Å². The van der Waals surface area contributed by atoms with E-state index in [-0.39, 0.29) is 0 Å². The van der Waals surface area contributed by atoms with E-state index >= 15 is 0 Å². The first kappa shape index (κ1) is 10.4. The van der Waals surface area contributed by atoms with Gasteiger partial charge < -0.3 is 10.4 Å². The van der Waals surface area contributed by atoms with Gasteiger partial charge in [0.15, 0.2) is 0 Å². The standard InChI is InChI=1S/C10H14N2O2S/c1-5-3-7(5)4-11-9-8(10(13)14)6(2)12-15-9/h5,7,11H,3-4H2,1-2H3,(H,13,14). The van der Waals surface area contributed by atoms with Crippen molar-refractivity contribution < 1.29 is 9.90 Å². The van der Waals surface area contributed by atoms with Gasteiger partial charge in [0.25, 0.3) is 0 Å². The minimum absolute atomic E-state index is 0.327. The first-order chi connectivity index (χ1) is 7.09. The predicted molar refractivity (Wildman–Crippen MR) is 59.6 cm³/mol. The van der Waals surface area contributed by atoms with Gasteiger partial charge in [-0.25, -0.2) is 4.79 Å². The number of anilines is 1. The van der Waals surface area contributed by atoms with Crippen molar-refractivity contribution in [3.63, 3.8) is 0 Å². The van der Waals surface area contributed by atoms with Crippen molar-refractivity contribution in [2.75, 3.05) is 11.9 Å². The van der Waals surface area contributed by atoms with Crippen molar-refractivity contribution in [2.24, 2.45) is 11.8 Å². The molecule has 2 rings (SSSR count). The molecule has 15 heavy (non-hydrogen) atoms. The summed E-state index contributed by atoms with van der Waals surface area (Å²) in [6.07, 6.45) is 1.24. The fourth-order valence-electron chi connectivity index (χ4n) is 1.65. The monoisotopic (exact) mass is 226 g/mol.